The first-order valence-corrected chi connectivity index (χ1v) is 10.1. The van der Waals surface area contributed by atoms with Gasteiger partial charge in [0.25, 0.3) is 11.1 Å². The van der Waals surface area contributed by atoms with Crippen LogP contribution in [-0.4, -0.2) is 29.7 Å². The zero-order valence-corrected chi connectivity index (χ0v) is 17.4. The lowest BCUT2D eigenvalue weighted by Crippen LogP contribution is -2.28. The first-order valence-electron chi connectivity index (χ1n) is 9.24. The molecule has 5 nitrogen and oxygen atoms in total. The summed E-state index contributed by atoms with van der Waals surface area (Å²) < 4.78 is 11.6. The molecule has 1 saturated heterocycles. The highest BCUT2D eigenvalue weighted by molar-refractivity contribution is 8.18. The van der Waals surface area contributed by atoms with E-state index in [2.05, 4.69) is 12.5 Å². The summed E-state index contributed by atoms with van der Waals surface area (Å²) in [6, 6.07) is 13.5. The van der Waals surface area contributed by atoms with Crippen molar-refractivity contribution in [3.8, 4) is 23.8 Å². The molecule has 30 heavy (non-hydrogen) atoms. The van der Waals surface area contributed by atoms with Crippen molar-refractivity contribution in [3.63, 3.8) is 0 Å². The summed E-state index contributed by atoms with van der Waals surface area (Å²) in [7, 11) is 1.56. The van der Waals surface area contributed by atoms with E-state index in [9.17, 15) is 9.59 Å². The van der Waals surface area contributed by atoms with Gasteiger partial charge in [-0.25, -0.2) is 0 Å². The molecule has 0 saturated carbocycles. The van der Waals surface area contributed by atoms with Gasteiger partial charge in [-0.3, -0.25) is 14.5 Å². The maximum Gasteiger partial charge on any atom is 0.294 e. The molecule has 1 fully saturated rings. The molecule has 3 rings (SSSR count). The van der Waals surface area contributed by atoms with E-state index in [4.69, 9.17) is 15.9 Å². The number of imide groups is 1. The Morgan fingerprint density at radius 2 is 2.00 bits per heavy atom. The number of terminal acetylenes is 1. The molecule has 0 aromatic heterocycles. The lowest BCUT2D eigenvalue weighted by molar-refractivity contribution is -0.122. The summed E-state index contributed by atoms with van der Waals surface area (Å²) in [5, 5.41) is -0.370. The van der Waals surface area contributed by atoms with Gasteiger partial charge in [0, 0.05) is 5.56 Å². The van der Waals surface area contributed by atoms with Crippen LogP contribution in [0.25, 0.3) is 6.08 Å². The molecule has 0 N–H and O–H groups in total. The van der Waals surface area contributed by atoms with Gasteiger partial charge >= 0.3 is 0 Å². The molecule has 0 unspecified atom stereocenters. The van der Waals surface area contributed by atoms with E-state index in [1.54, 1.807) is 25.3 Å². The lowest BCUT2D eigenvalue weighted by Gasteiger charge is -2.16. The van der Waals surface area contributed by atoms with E-state index < -0.39 is 5.91 Å². The normalized spacial score (nSPS) is 14.7. The van der Waals surface area contributed by atoms with Gasteiger partial charge in [0.2, 0.25) is 0 Å². The third-order valence-corrected chi connectivity index (χ3v) is 5.29. The minimum absolute atomic E-state index is 0.0424. The first-order chi connectivity index (χ1) is 14.6. The number of amides is 2. The highest BCUT2D eigenvalue weighted by atomic mass is 32.2. The van der Waals surface area contributed by atoms with E-state index in [0.29, 0.717) is 29.4 Å². The van der Waals surface area contributed by atoms with Crippen LogP contribution in [0.5, 0.6) is 11.5 Å². The van der Waals surface area contributed by atoms with Crippen molar-refractivity contribution < 1.29 is 19.1 Å². The van der Waals surface area contributed by atoms with Gasteiger partial charge in [0.05, 0.1) is 18.6 Å². The van der Waals surface area contributed by atoms with Crippen molar-refractivity contribution in [3.05, 3.63) is 76.7 Å². The number of hydrogen-bond acceptors (Lipinski definition) is 5. The quantitative estimate of drug-likeness (QED) is 0.354. The van der Waals surface area contributed by atoms with Gasteiger partial charge in [-0.15, -0.1) is 13.0 Å². The Labute approximate surface area is 180 Å². The number of methoxy groups -OCH3 is 1. The average Bonchev–Trinajstić information content (AvgIpc) is 3.01. The van der Waals surface area contributed by atoms with Crippen LogP contribution in [0, 0.1) is 12.3 Å². The molecule has 2 amide bonds. The molecule has 0 aliphatic carbocycles. The summed E-state index contributed by atoms with van der Waals surface area (Å²) in [6.45, 7) is 4.17. The topological polar surface area (TPSA) is 55.8 Å². The monoisotopic (exact) mass is 419 g/mol. The van der Waals surface area contributed by atoms with E-state index in [1.807, 2.05) is 36.4 Å². The zero-order chi connectivity index (χ0) is 21.5. The van der Waals surface area contributed by atoms with Gasteiger partial charge in [-0.05, 0) is 47.5 Å². The van der Waals surface area contributed by atoms with Crippen molar-refractivity contribution in [2.75, 3.05) is 13.7 Å². The highest BCUT2D eigenvalue weighted by Crippen LogP contribution is 2.37. The van der Waals surface area contributed by atoms with Gasteiger partial charge in [0.15, 0.2) is 11.5 Å². The van der Waals surface area contributed by atoms with E-state index >= 15 is 0 Å². The van der Waals surface area contributed by atoms with Crippen molar-refractivity contribution in [1.29, 1.82) is 0 Å². The number of hydrogen-bond donors (Lipinski definition) is 0. The van der Waals surface area contributed by atoms with Crippen LogP contribution in [0.15, 0.2) is 60.0 Å². The molecule has 2 aromatic carbocycles. The second-order valence-corrected chi connectivity index (χ2v) is 7.44. The number of allylic oxidation sites excluding steroid dienone is 1. The molecular formula is C24H21NO4S. The van der Waals surface area contributed by atoms with Crippen molar-refractivity contribution in [1.82, 2.24) is 4.90 Å². The predicted octanol–water partition coefficient (Wildman–Crippen LogP) is 4.67. The summed E-state index contributed by atoms with van der Waals surface area (Å²) in [5.41, 5.74) is 2.63. The number of nitrogens with zero attached hydrogens (tertiary/aromatic N) is 1. The molecule has 0 bridgehead atoms. The largest absolute Gasteiger partial charge is 0.493 e. The number of carbonyl (C=O) groups is 2. The standard InChI is InChI=1S/C24H21NO4S/c1-4-9-19-13-18(15-21-23(26)25(12-5-2)24(27)30-21)14-20(28-3)22(19)29-16-17-10-7-6-8-11-17/h2,4,6-8,10-11,13-15H,1,9,12,16H2,3H3/b21-15-. The van der Waals surface area contributed by atoms with Crippen LogP contribution in [0.3, 0.4) is 0 Å². The van der Waals surface area contributed by atoms with Crippen LogP contribution < -0.4 is 9.47 Å². The minimum Gasteiger partial charge on any atom is -0.493 e. The van der Waals surface area contributed by atoms with Crippen molar-refractivity contribution in [2.45, 2.75) is 13.0 Å². The van der Waals surface area contributed by atoms with Gasteiger partial charge in [0.1, 0.15) is 6.61 Å². The molecule has 1 heterocycles. The fraction of sp³-hybridized carbons (Fsp3) is 0.167. The highest BCUT2D eigenvalue weighted by Gasteiger charge is 2.34. The van der Waals surface area contributed by atoms with Crippen LogP contribution in [0.1, 0.15) is 16.7 Å². The Hall–Kier alpha value is -3.43. The molecule has 1 aliphatic heterocycles. The number of ether oxygens (including phenoxy) is 2. The van der Waals surface area contributed by atoms with Crippen LogP contribution in [0.2, 0.25) is 0 Å². The third-order valence-electron chi connectivity index (χ3n) is 4.39. The number of thioether (sulfide) groups is 1. The van der Waals surface area contributed by atoms with Crippen molar-refractivity contribution in [2.24, 2.45) is 0 Å². The lowest BCUT2D eigenvalue weighted by atomic mass is 10.0. The van der Waals surface area contributed by atoms with Gasteiger partial charge in [-0.2, -0.15) is 0 Å². The molecule has 6 heteroatoms. The number of carbonyl (C=O) groups excluding carboxylic acids is 2. The molecule has 152 valence electrons. The van der Waals surface area contributed by atoms with Gasteiger partial charge < -0.3 is 9.47 Å². The maximum absolute atomic E-state index is 12.4. The van der Waals surface area contributed by atoms with Crippen LogP contribution in [0.4, 0.5) is 4.79 Å². The maximum atomic E-state index is 12.4. The summed E-state index contributed by atoms with van der Waals surface area (Å²) in [4.78, 5) is 25.8. The summed E-state index contributed by atoms with van der Waals surface area (Å²) in [5.74, 6) is 3.10. The van der Waals surface area contributed by atoms with Crippen LogP contribution >= 0.6 is 11.8 Å². The molecule has 0 radical (unpaired) electrons. The van der Waals surface area contributed by atoms with E-state index in [0.717, 1.165) is 33.4 Å². The Morgan fingerprint density at radius 3 is 2.67 bits per heavy atom. The number of benzene rings is 2. The SMILES string of the molecule is C#CCN1C(=O)S/C(=C\c2cc(CC=C)c(OCc3ccccc3)c(OC)c2)C1=O. The summed E-state index contributed by atoms with van der Waals surface area (Å²) in [6.07, 6.45) is 9.24. The minimum atomic E-state index is -0.392. The smallest absolute Gasteiger partial charge is 0.294 e. The van der Waals surface area contributed by atoms with E-state index in [1.165, 1.54) is 0 Å². The summed E-state index contributed by atoms with van der Waals surface area (Å²) >= 11 is 0.872. The molecule has 2 aromatic rings. The average molecular weight is 420 g/mol. The Kier molecular flexibility index (Phi) is 6.99. The Balaban J connectivity index is 1.93. The number of rotatable bonds is 8. The molecule has 0 atom stereocenters. The van der Waals surface area contributed by atoms with Crippen molar-refractivity contribution >= 4 is 29.0 Å². The van der Waals surface area contributed by atoms with Gasteiger partial charge in [-0.1, -0.05) is 42.3 Å². The van der Waals surface area contributed by atoms with E-state index in [-0.39, 0.29) is 11.8 Å². The second-order valence-electron chi connectivity index (χ2n) is 6.45. The first kappa shape index (κ1) is 21.3. The Bertz CT molecular complexity index is 1040. The zero-order valence-electron chi connectivity index (χ0n) is 16.6. The predicted molar refractivity (Wildman–Crippen MR) is 119 cm³/mol. The molecular weight excluding hydrogens is 398 g/mol. The fourth-order valence-corrected chi connectivity index (χ4v) is 3.84. The molecule has 0 spiro atoms. The third kappa shape index (κ3) is 4.76. The Morgan fingerprint density at radius 1 is 1.23 bits per heavy atom. The fourth-order valence-electron chi connectivity index (χ4n) is 3.00. The molecule has 1 aliphatic rings. The second kappa shape index (κ2) is 9.86. The van der Waals surface area contributed by atoms with Crippen LogP contribution in [-0.2, 0) is 17.8 Å².